The highest BCUT2D eigenvalue weighted by atomic mass is 16.5. The number of esters is 1. The standard InChI is InChI=1S/C23H26N2O5/c1-23(2,3)24-19(26)14-25(4)20(27)15-30-22(29)18-12-10-17(11-13-18)21(28)16-8-6-5-7-9-16/h5-13H,14-15H2,1-4H3,(H,24,26). The predicted octanol–water partition coefficient (Wildman–Crippen LogP) is 2.45. The molecule has 0 unspecified atom stereocenters. The second kappa shape index (κ2) is 9.82. The van der Waals surface area contributed by atoms with E-state index < -0.39 is 24.0 Å². The lowest BCUT2D eigenvalue weighted by Crippen LogP contribution is -2.46. The second-order valence-electron chi connectivity index (χ2n) is 7.90. The number of rotatable bonds is 7. The lowest BCUT2D eigenvalue weighted by molar-refractivity contribution is -0.137. The van der Waals surface area contributed by atoms with Gasteiger partial charge in [0.15, 0.2) is 12.4 Å². The molecular formula is C23H26N2O5. The molecule has 2 aromatic rings. The van der Waals surface area contributed by atoms with Gasteiger partial charge in [0.1, 0.15) is 0 Å². The summed E-state index contributed by atoms with van der Waals surface area (Å²) in [5.74, 6) is -1.64. The summed E-state index contributed by atoms with van der Waals surface area (Å²) in [4.78, 5) is 49.7. The van der Waals surface area contributed by atoms with Crippen LogP contribution in [0.1, 0.15) is 47.1 Å². The third-order valence-electron chi connectivity index (χ3n) is 4.07. The number of amides is 2. The Morgan fingerprint density at radius 1 is 0.867 bits per heavy atom. The number of nitrogens with zero attached hydrogens (tertiary/aromatic N) is 1. The maximum absolute atomic E-state index is 12.4. The van der Waals surface area contributed by atoms with Crippen molar-refractivity contribution in [2.75, 3.05) is 20.2 Å². The van der Waals surface area contributed by atoms with Gasteiger partial charge < -0.3 is 15.0 Å². The topological polar surface area (TPSA) is 92.8 Å². The van der Waals surface area contributed by atoms with E-state index in [-0.39, 0.29) is 23.8 Å². The molecule has 0 bridgehead atoms. The van der Waals surface area contributed by atoms with Gasteiger partial charge >= 0.3 is 5.97 Å². The number of likely N-dealkylation sites (N-methyl/N-ethyl adjacent to an activating group) is 1. The molecule has 0 aliphatic heterocycles. The first-order valence-electron chi connectivity index (χ1n) is 9.49. The van der Waals surface area contributed by atoms with Crippen LogP contribution in [-0.4, -0.2) is 54.2 Å². The van der Waals surface area contributed by atoms with Gasteiger partial charge in [-0.25, -0.2) is 4.79 Å². The van der Waals surface area contributed by atoms with E-state index in [0.29, 0.717) is 11.1 Å². The van der Waals surface area contributed by atoms with Gasteiger partial charge in [-0.2, -0.15) is 0 Å². The molecule has 30 heavy (non-hydrogen) atoms. The van der Waals surface area contributed by atoms with Gasteiger partial charge in [-0.1, -0.05) is 42.5 Å². The van der Waals surface area contributed by atoms with Gasteiger partial charge in [0.2, 0.25) is 5.91 Å². The summed E-state index contributed by atoms with van der Waals surface area (Å²) in [7, 11) is 1.46. The summed E-state index contributed by atoms with van der Waals surface area (Å²) in [6.45, 7) is 4.90. The van der Waals surface area contributed by atoms with Crippen molar-refractivity contribution in [3.8, 4) is 0 Å². The Labute approximate surface area is 176 Å². The first kappa shape index (κ1) is 22.8. The van der Waals surface area contributed by atoms with Crippen LogP contribution in [-0.2, 0) is 14.3 Å². The molecule has 2 aromatic carbocycles. The molecule has 7 nitrogen and oxygen atoms in total. The molecule has 0 fully saturated rings. The van der Waals surface area contributed by atoms with E-state index in [2.05, 4.69) is 5.32 Å². The SMILES string of the molecule is CN(CC(=O)NC(C)(C)C)C(=O)COC(=O)c1ccc(C(=O)c2ccccc2)cc1. The van der Waals surface area contributed by atoms with E-state index in [0.717, 1.165) is 0 Å². The average molecular weight is 410 g/mol. The summed E-state index contributed by atoms with van der Waals surface area (Å²) < 4.78 is 5.03. The van der Waals surface area contributed by atoms with E-state index in [9.17, 15) is 19.2 Å². The van der Waals surface area contributed by atoms with Crippen LogP contribution in [0.5, 0.6) is 0 Å². The van der Waals surface area contributed by atoms with E-state index in [1.807, 2.05) is 26.8 Å². The molecule has 0 heterocycles. The highest BCUT2D eigenvalue weighted by molar-refractivity contribution is 6.09. The predicted molar refractivity (Wildman–Crippen MR) is 112 cm³/mol. The van der Waals surface area contributed by atoms with E-state index >= 15 is 0 Å². The monoisotopic (exact) mass is 410 g/mol. The smallest absolute Gasteiger partial charge is 0.338 e. The van der Waals surface area contributed by atoms with Crippen LogP contribution in [0.15, 0.2) is 54.6 Å². The molecular weight excluding hydrogens is 384 g/mol. The van der Waals surface area contributed by atoms with Gasteiger partial charge in [0.05, 0.1) is 12.1 Å². The Hall–Kier alpha value is -3.48. The minimum absolute atomic E-state index is 0.135. The van der Waals surface area contributed by atoms with E-state index in [1.165, 1.54) is 36.2 Å². The van der Waals surface area contributed by atoms with Crippen molar-refractivity contribution in [1.82, 2.24) is 10.2 Å². The first-order chi connectivity index (χ1) is 14.1. The Morgan fingerprint density at radius 2 is 1.40 bits per heavy atom. The van der Waals surface area contributed by atoms with Gasteiger partial charge in [0.25, 0.3) is 5.91 Å². The summed E-state index contributed by atoms with van der Waals surface area (Å²) in [6, 6.07) is 14.8. The molecule has 0 saturated carbocycles. The number of carbonyl (C=O) groups is 4. The van der Waals surface area contributed by atoms with Crippen molar-refractivity contribution < 1.29 is 23.9 Å². The Bertz CT molecular complexity index is 915. The number of hydrogen-bond acceptors (Lipinski definition) is 5. The Kier molecular flexibility index (Phi) is 7.47. The maximum Gasteiger partial charge on any atom is 0.338 e. The highest BCUT2D eigenvalue weighted by Gasteiger charge is 2.19. The fourth-order valence-corrected chi connectivity index (χ4v) is 2.60. The van der Waals surface area contributed by atoms with Gasteiger partial charge in [0, 0.05) is 23.7 Å². The summed E-state index contributed by atoms with van der Waals surface area (Å²) in [5, 5.41) is 2.75. The zero-order valence-electron chi connectivity index (χ0n) is 17.6. The van der Waals surface area contributed by atoms with Crippen LogP contribution >= 0.6 is 0 Å². The highest BCUT2D eigenvalue weighted by Crippen LogP contribution is 2.12. The summed E-state index contributed by atoms with van der Waals surface area (Å²) >= 11 is 0. The average Bonchev–Trinajstić information content (AvgIpc) is 2.70. The lowest BCUT2D eigenvalue weighted by atomic mass is 10.0. The van der Waals surface area contributed by atoms with E-state index in [1.54, 1.807) is 24.3 Å². The van der Waals surface area contributed by atoms with Crippen LogP contribution in [0, 0.1) is 0 Å². The maximum atomic E-state index is 12.4. The van der Waals surface area contributed by atoms with Crippen LogP contribution in [0.4, 0.5) is 0 Å². The van der Waals surface area contributed by atoms with E-state index in [4.69, 9.17) is 4.74 Å². The van der Waals surface area contributed by atoms with Crippen molar-refractivity contribution in [3.63, 3.8) is 0 Å². The van der Waals surface area contributed by atoms with Crippen LogP contribution in [0.3, 0.4) is 0 Å². The number of benzene rings is 2. The molecule has 0 radical (unpaired) electrons. The quantitative estimate of drug-likeness (QED) is 0.559. The van der Waals surface area contributed by atoms with Crippen LogP contribution in [0.2, 0.25) is 0 Å². The van der Waals surface area contributed by atoms with Gasteiger partial charge in [-0.3, -0.25) is 14.4 Å². The normalized spacial score (nSPS) is 10.8. The number of carbonyl (C=O) groups excluding carboxylic acids is 4. The summed E-state index contributed by atoms with van der Waals surface area (Å²) in [5.41, 5.74) is 0.817. The number of nitrogens with one attached hydrogen (secondary N) is 1. The van der Waals surface area contributed by atoms with Crippen molar-refractivity contribution in [3.05, 3.63) is 71.3 Å². The Morgan fingerprint density at radius 3 is 1.97 bits per heavy atom. The minimum atomic E-state index is -0.686. The van der Waals surface area contributed by atoms with Crippen molar-refractivity contribution in [2.24, 2.45) is 0 Å². The molecule has 1 N–H and O–H groups in total. The molecule has 7 heteroatoms. The zero-order valence-corrected chi connectivity index (χ0v) is 17.6. The van der Waals surface area contributed by atoms with Crippen LogP contribution < -0.4 is 5.32 Å². The molecule has 2 rings (SSSR count). The number of ketones is 1. The number of ether oxygens (including phenoxy) is 1. The second-order valence-corrected chi connectivity index (χ2v) is 7.90. The van der Waals surface area contributed by atoms with Gasteiger partial charge in [-0.05, 0) is 32.9 Å². The number of hydrogen-bond donors (Lipinski definition) is 1. The molecule has 0 aliphatic rings. The molecule has 2 amide bonds. The largest absolute Gasteiger partial charge is 0.452 e. The lowest BCUT2D eigenvalue weighted by Gasteiger charge is -2.23. The summed E-state index contributed by atoms with van der Waals surface area (Å²) in [6.07, 6.45) is 0. The fourth-order valence-electron chi connectivity index (χ4n) is 2.60. The van der Waals surface area contributed by atoms with Gasteiger partial charge in [-0.15, -0.1) is 0 Å². The molecule has 0 spiro atoms. The first-order valence-corrected chi connectivity index (χ1v) is 9.49. The molecule has 0 aliphatic carbocycles. The molecule has 0 aromatic heterocycles. The Balaban J connectivity index is 1.88. The zero-order chi connectivity index (χ0) is 22.3. The third-order valence-corrected chi connectivity index (χ3v) is 4.07. The van der Waals surface area contributed by atoms with Crippen molar-refractivity contribution >= 4 is 23.6 Å². The van der Waals surface area contributed by atoms with Crippen molar-refractivity contribution in [2.45, 2.75) is 26.3 Å². The fraction of sp³-hybridized carbons (Fsp3) is 0.304. The van der Waals surface area contributed by atoms with Crippen molar-refractivity contribution in [1.29, 1.82) is 0 Å². The third kappa shape index (κ3) is 6.84. The molecule has 158 valence electrons. The molecule has 0 saturated heterocycles. The minimum Gasteiger partial charge on any atom is -0.452 e. The van der Waals surface area contributed by atoms with Crippen LogP contribution in [0.25, 0.3) is 0 Å². The molecule has 0 atom stereocenters.